The molecule has 0 saturated carbocycles. The van der Waals surface area contributed by atoms with E-state index in [0.717, 1.165) is 12.8 Å². The summed E-state index contributed by atoms with van der Waals surface area (Å²) >= 11 is 0. The molecule has 0 fully saturated rings. The van der Waals surface area contributed by atoms with Crippen LogP contribution in [0.4, 0.5) is 0 Å². The van der Waals surface area contributed by atoms with Crippen LogP contribution in [0.3, 0.4) is 0 Å². The zero-order valence-corrected chi connectivity index (χ0v) is 55.9. The summed E-state index contributed by atoms with van der Waals surface area (Å²) < 4.78 is 0. The minimum absolute atomic E-state index is 0.0227. The molecule has 10 rings (SSSR count). The van der Waals surface area contributed by atoms with E-state index >= 15 is 0 Å². The first kappa shape index (κ1) is 59.6. The standard InChI is InChI=1S/C78H86P4/c1-73(2,3)55-45-63(75(7,8)9)71(64(46-55)76(10,11)12)81-79-69-53(43-51-31-21-25-37-59(51)67(69)61-39-27-33-49-29-19-23-35-57(49)61)41-42-54-44-52-32-22-26-38-60(52)68(62-40-28-34-50-30-20-24-36-58(50)62)70(54)80-82-72-65(77(13,14)15)47-56(74(4,5)6)48-66(72)78(16,17)18/h19-40,43-48H,41-42H2,1-18H3. The van der Waals surface area contributed by atoms with Gasteiger partial charge in [0.25, 0.3) is 0 Å². The van der Waals surface area contributed by atoms with Crippen molar-refractivity contribution in [2.24, 2.45) is 0 Å². The molecule has 418 valence electrons. The van der Waals surface area contributed by atoms with Gasteiger partial charge in [-0.05, 0) is 176 Å². The van der Waals surface area contributed by atoms with Crippen LogP contribution in [-0.4, -0.2) is 0 Å². The minimum Gasteiger partial charge on any atom is -0.0616 e. The summed E-state index contributed by atoms with van der Waals surface area (Å²) in [7, 11) is 5.17. The average Bonchev–Trinajstić information content (AvgIpc) is 1.82. The maximum absolute atomic E-state index is 2.57. The first-order valence-corrected chi connectivity index (χ1v) is 34.8. The van der Waals surface area contributed by atoms with Crippen LogP contribution in [0.15, 0.2) is 170 Å². The Labute approximate surface area is 499 Å². The molecule has 0 aliphatic rings. The Morgan fingerprint density at radius 3 is 0.829 bits per heavy atom. The van der Waals surface area contributed by atoms with Gasteiger partial charge in [-0.25, -0.2) is 0 Å². The molecule has 0 spiro atoms. The van der Waals surface area contributed by atoms with Gasteiger partial charge in [0.05, 0.1) is 0 Å². The quantitative estimate of drug-likeness (QED) is 0.126. The molecule has 0 radical (unpaired) electrons. The van der Waals surface area contributed by atoms with E-state index in [-0.39, 0.29) is 32.5 Å². The molecule has 0 nitrogen and oxygen atoms in total. The number of hydrogen-bond donors (Lipinski definition) is 0. The zero-order chi connectivity index (χ0) is 58.9. The second kappa shape index (κ2) is 22.5. The van der Waals surface area contributed by atoms with E-state index < -0.39 is 0 Å². The molecule has 0 amide bonds. The summed E-state index contributed by atoms with van der Waals surface area (Å²) in [6, 6.07) is 65.8. The van der Waals surface area contributed by atoms with Crippen molar-refractivity contribution in [1.82, 2.24) is 0 Å². The fourth-order valence-electron chi connectivity index (χ4n) is 11.9. The van der Waals surface area contributed by atoms with Crippen LogP contribution in [0.1, 0.15) is 169 Å². The molecule has 10 aromatic rings. The van der Waals surface area contributed by atoms with E-state index in [0.29, 0.717) is 0 Å². The molecule has 0 aliphatic carbocycles. The van der Waals surface area contributed by atoms with Gasteiger partial charge in [0.15, 0.2) is 0 Å². The van der Waals surface area contributed by atoms with Gasteiger partial charge in [0.1, 0.15) is 0 Å². The van der Waals surface area contributed by atoms with Crippen molar-refractivity contribution in [1.29, 1.82) is 0 Å². The minimum atomic E-state index is -0.0491. The molecule has 0 aliphatic heterocycles. The molecule has 82 heavy (non-hydrogen) atoms. The van der Waals surface area contributed by atoms with Gasteiger partial charge in [-0.2, -0.15) is 0 Å². The first-order valence-electron chi connectivity index (χ1n) is 29.8. The van der Waals surface area contributed by atoms with Crippen molar-refractivity contribution in [3.63, 3.8) is 0 Å². The highest BCUT2D eigenvalue weighted by atomic mass is 31.7. The highest BCUT2D eigenvalue weighted by molar-refractivity contribution is 7.92. The van der Waals surface area contributed by atoms with E-state index in [2.05, 4.69) is 294 Å². The van der Waals surface area contributed by atoms with Crippen molar-refractivity contribution >= 4 is 95.8 Å². The lowest BCUT2D eigenvalue weighted by Crippen LogP contribution is -2.29. The maximum Gasteiger partial charge on any atom is 0.0181 e. The van der Waals surface area contributed by atoms with Gasteiger partial charge in [-0.3, -0.25) is 0 Å². The molecule has 10 aromatic carbocycles. The van der Waals surface area contributed by atoms with E-state index in [1.54, 1.807) is 0 Å². The van der Waals surface area contributed by atoms with E-state index in [1.165, 1.54) is 163 Å². The normalized spacial score (nSPS) is 13.2. The first-order chi connectivity index (χ1) is 38.5. The molecular weight excluding hydrogens is 1060 g/mol. The highest BCUT2D eigenvalue weighted by Crippen LogP contribution is 2.44. The molecule has 0 unspecified atom stereocenters. The third-order valence-corrected chi connectivity index (χ3v) is 22.7. The lowest BCUT2D eigenvalue weighted by Gasteiger charge is -2.32. The second-order valence-corrected chi connectivity index (χ2v) is 34.2. The Balaban J connectivity index is 1.28. The molecule has 0 heterocycles. The van der Waals surface area contributed by atoms with E-state index in [9.17, 15) is 0 Å². The van der Waals surface area contributed by atoms with Gasteiger partial charge in [-0.1, -0.05) is 294 Å². The summed E-state index contributed by atoms with van der Waals surface area (Å²) in [5.74, 6) is 0. The second-order valence-electron chi connectivity index (χ2n) is 29.3. The molecular formula is C78H86P4. The van der Waals surface area contributed by atoms with E-state index in [4.69, 9.17) is 0 Å². The van der Waals surface area contributed by atoms with Crippen molar-refractivity contribution in [3.8, 4) is 22.3 Å². The van der Waals surface area contributed by atoms with Gasteiger partial charge >= 0.3 is 0 Å². The Morgan fingerprint density at radius 2 is 0.524 bits per heavy atom. The molecule has 0 aromatic heterocycles. The van der Waals surface area contributed by atoms with Gasteiger partial charge in [0.2, 0.25) is 0 Å². The number of hydrogen-bond acceptors (Lipinski definition) is 0. The van der Waals surface area contributed by atoms with Gasteiger partial charge in [-0.15, -0.1) is 0 Å². The number of aryl methyl sites for hydroxylation is 2. The lowest BCUT2D eigenvalue weighted by atomic mass is 9.75. The van der Waals surface area contributed by atoms with Crippen LogP contribution in [0.25, 0.3) is 65.3 Å². The predicted octanol–water partition coefficient (Wildman–Crippen LogP) is 22.7. The molecule has 0 saturated heterocycles. The SMILES string of the molecule is CC(C)(C)c1cc(C(C)(C)C)c(P=Pc2c(CCc3cc4ccccc4c(-c4cccc5ccccc45)c3P=Pc3c(C(C)(C)C)cc(C(C)(C)C)cc3C(C)(C)C)cc3ccccc3c2-c2cccc3ccccc23)c(C(C)(C)C)c1. The fraction of sp³-hybridized carbons (Fsp3) is 0.333. The van der Waals surface area contributed by atoms with Crippen LogP contribution in [0, 0.1) is 0 Å². The lowest BCUT2D eigenvalue weighted by molar-refractivity contribution is 0.553. The number of benzene rings is 10. The summed E-state index contributed by atoms with van der Waals surface area (Å²) in [6.45, 7) is 43.2. The Morgan fingerprint density at radius 1 is 0.256 bits per heavy atom. The van der Waals surface area contributed by atoms with Crippen molar-refractivity contribution < 1.29 is 0 Å². The Hall–Kier alpha value is -5.56. The average molecular weight is 1150 g/mol. The summed E-state index contributed by atoms with van der Waals surface area (Å²) in [5.41, 5.74) is 16.8. The maximum atomic E-state index is 2.57. The zero-order valence-electron chi connectivity index (χ0n) is 52.4. The third-order valence-electron chi connectivity index (χ3n) is 16.7. The smallest absolute Gasteiger partial charge is 0.0181 e. The predicted molar refractivity (Wildman–Crippen MR) is 372 cm³/mol. The van der Waals surface area contributed by atoms with Crippen molar-refractivity contribution in [2.45, 2.75) is 170 Å². The van der Waals surface area contributed by atoms with E-state index in [1.807, 2.05) is 0 Å². The van der Waals surface area contributed by atoms with Crippen molar-refractivity contribution in [3.05, 3.63) is 214 Å². The summed E-state index contributed by atoms with van der Waals surface area (Å²) in [6.07, 6.45) is 1.80. The van der Waals surface area contributed by atoms with Crippen LogP contribution in [0.2, 0.25) is 0 Å². The number of fused-ring (bicyclic) bond motifs is 4. The Kier molecular flexibility index (Phi) is 16.3. The molecule has 0 atom stereocenters. The molecule has 0 bridgehead atoms. The highest BCUT2D eigenvalue weighted by Gasteiger charge is 2.31. The summed E-state index contributed by atoms with van der Waals surface area (Å²) in [4.78, 5) is 0. The number of rotatable bonds is 9. The third kappa shape index (κ3) is 12.2. The van der Waals surface area contributed by atoms with Crippen LogP contribution in [-0.2, 0) is 45.3 Å². The Bertz CT molecular complexity index is 3790. The molecule has 0 N–H and O–H groups in total. The van der Waals surface area contributed by atoms with Crippen molar-refractivity contribution in [2.75, 3.05) is 0 Å². The fourth-order valence-corrected chi connectivity index (χ4v) is 19.5. The largest absolute Gasteiger partial charge is 0.0616 e. The molecule has 4 heteroatoms. The van der Waals surface area contributed by atoms with Crippen LogP contribution in [0.5, 0.6) is 0 Å². The monoisotopic (exact) mass is 1150 g/mol. The van der Waals surface area contributed by atoms with Gasteiger partial charge in [0, 0.05) is 32.3 Å². The van der Waals surface area contributed by atoms with Gasteiger partial charge < -0.3 is 0 Å². The van der Waals surface area contributed by atoms with Crippen LogP contribution >= 0.6 is 31.5 Å². The topological polar surface area (TPSA) is 0 Å². The summed E-state index contributed by atoms with van der Waals surface area (Å²) in [5, 5.41) is 16.2. The van der Waals surface area contributed by atoms with Crippen LogP contribution < -0.4 is 21.2 Å².